The minimum absolute atomic E-state index is 0.0915. The minimum Gasteiger partial charge on any atom is -0.497 e. The van der Waals surface area contributed by atoms with Crippen LogP contribution in [0.4, 0.5) is 5.82 Å². The lowest BCUT2D eigenvalue weighted by Crippen LogP contribution is -2.25. The average molecular weight is 384 g/mol. The van der Waals surface area contributed by atoms with Crippen molar-refractivity contribution in [2.75, 3.05) is 19.5 Å². The summed E-state index contributed by atoms with van der Waals surface area (Å²) in [5, 5.41) is 3.51. The lowest BCUT2D eigenvalue weighted by Gasteiger charge is -2.25. The molecule has 3 aromatic rings. The molecule has 1 aliphatic rings. The van der Waals surface area contributed by atoms with Gasteiger partial charge in [-0.2, -0.15) is 0 Å². The van der Waals surface area contributed by atoms with E-state index in [1.165, 1.54) is 0 Å². The van der Waals surface area contributed by atoms with Crippen LogP contribution in [0.15, 0.2) is 48.8 Å². The third-order valence-corrected chi connectivity index (χ3v) is 5.02. The first-order valence-electron chi connectivity index (χ1n) is 8.46. The number of nitrogens with one attached hydrogen (secondary N) is 1. The van der Waals surface area contributed by atoms with Gasteiger partial charge in [0, 0.05) is 17.9 Å². The number of anilines is 1. The fourth-order valence-electron chi connectivity index (χ4n) is 3.41. The Morgan fingerprint density at radius 1 is 1.19 bits per heavy atom. The molecule has 2 heterocycles. The van der Waals surface area contributed by atoms with Gasteiger partial charge in [-0.15, -0.1) is 0 Å². The Labute approximate surface area is 161 Å². The molecule has 0 bridgehead atoms. The summed E-state index contributed by atoms with van der Waals surface area (Å²) in [6.45, 7) is 0. The number of nitrogens with zero attached hydrogens (tertiary/aromatic N) is 2. The van der Waals surface area contributed by atoms with Gasteiger partial charge in [-0.05, 0) is 30.3 Å². The third kappa shape index (κ3) is 3.02. The molecule has 0 radical (unpaired) electrons. The maximum absolute atomic E-state index is 12.5. The summed E-state index contributed by atoms with van der Waals surface area (Å²) >= 11 is 6.34. The molecule has 6 nitrogen and oxygen atoms in total. The summed E-state index contributed by atoms with van der Waals surface area (Å²) < 4.78 is 12.7. The number of rotatable bonds is 4. The summed E-state index contributed by atoms with van der Waals surface area (Å²) in [7, 11) is 3.22. The normalized spacial score (nSPS) is 15.8. The van der Waals surface area contributed by atoms with Crippen molar-refractivity contribution in [3.05, 3.63) is 65.1 Å². The zero-order chi connectivity index (χ0) is 19.0. The molecule has 0 saturated heterocycles. The van der Waals surface area contributed by atoms with Crippen LogP contribution in [-0.4, -0.2) is 29.7 Å². The molecule has 27 heavy (non-hydrogen) atoms. The summed E-state index contributed by atoms with van der Waals surface area (Å²) in [6, 6.07) is 13.0. The molecule has 1 atom stereocenters. The summed E-state index contributed by atoms with van der Waals surface area (Å²) in [5.74, 6) is 1.67. The first kappa shape index (κ1) is 17.4. The smallest absolute Gasteiger partial charge is 0.226 e. The van der Waals surface area contributed by atoms with E-state index in [2.05, 4.69) is 10.3 Å². The number of hydrogen-bond acceptors (Lipinski definition) is 4. The van der Waals surface area contributed by atoms with Crippen molar-refractivity contribution in [1.29, 1.82) is 0 Å². The van der Waals surface area contributed by atoms with Crippen LogP contribution in [0, 0.1) is 0 Å². The second-order valence-electron chi connectivity index (χ2n) is 6.21. The van der Waals surface area contributed by atoms with E-state index in [1.807, 2.05) is 36.4 Å². The molecule has 0 saturated carbocycles. The van der Waals surface area contributed by atoms with Crippen molar-refractivity contribution in [3.63, 3.8) is 0 Å². The highest BCUT2D eigenvalue weighted by atomic mass is 35.5. The number of aromatic nitrogens is 2. The minimum atomic E-state index is -0.248. The summed E-state index contributed by atoms with van der Waals surface area (Å²) in [5.41, 5.74) is 2.38. The number of hydrogen-bond donors (Lipinski definition) is 1. The van der Waals surface area contributed by atoms with E-state index >= 15 is 0 Å². The van der Waals surface area contributed by atoms with E-state index in [9.17, 15) is 4.79 Å². The molecule has 0 spiro atoms. The van der Waals surface area contributed by atoms with Gasteiger partial charge in [0.05, 0.1) is 30.6 Å². The molecule has 7 heteroatoms. The topological polar surface area (TPSA) is 65.4 Å². The van der Waals surface area contributed by atoms with Crippen molar-refractivity contribution >= 4 is 23.3 Å². The van der Waals surface area contributed by atoms with Gasteiger partial charge in [0.15, 0.2) is 0 Å². The van der Waals surface area contributed by atoms with Crippen LogP contribution in [0.1, 0.15) is 23.6 Å². The van der Waals surface area contributed by atoms with Gasteiger partial charge in [-0.3, -0.25) is 9.36 Å². The number of carbonyl (C=O) groups is 1. The maximum Gasteiger partial charge on any atom is 0.226 e. The molecule has 1 aliphatic heterocycles. The number of methoxy groups -OCH3 is 2. The van der Waals surface area contributed by atoms with Crippen LogP contribution in [-0.2, 0) is 4.79 Å². The van der Waals surface area contributed by atoms with Gasteiger partial charge in [-0.1, -0.05) is 23.7 Å². The molecule has 4 rings (SSSR count). The summed E-state index contributed by atoms with van der Waals surface area (Å²) in [6.07, 6.45) is 1.95. The largest absolute Gasteiger partial charge is 0.497 e. The highest BCUT2D eigenvalue weighted by molar-refractivity contribution is 6.32. The molecule has 1 aromatic heterocycles. The Bertz CT molecular complexity index is 1020. The molecule has 0 aliphatic carbocycles. The van der Waals surface area contributed by atoms with E-state index in [0.29, 0.717) is 22.3 Å². The van der Waals surface area contributed by atoms with Crippen LogP contribution in [0.2, 0.25) is 5.02 Å². The molecule has 138 valence electrons. The van der Waals surface area contributed by atoms with E-state index in [4.69, 9.17) is 21.1 Å². The van der Waals surface area contributed by atoms with Gasteiger partial charge in [0.2, 0.25) is 5.91 Å². The lowest BCUT2D eigenvalue weighted by atomic mass is 9.89. The number of fused-ring (bicyclic) bond motifs is 1. The number of ether oxygens (including phenoxy) is 2. The van der Waals surface area contributed by atoms with Gasteiger partial charge in [-0.25, -0.2) is 4.98 Å². The van der Waals surface area contributed by atoms with Crippen molar-refractivity contribution < 1.29 is 14.3 Å². The highest BCUT2D eigenvalue weighted by Crippen LogP contribution is 2.42. The summed E-state index contributed by atoms with van der Waals surface area (Å²) in [4.78, 5) is 17.1. The van der Waals surface area contributed by atoms with Crippen molar-refractivity contribution in [1.82, 2.24) is 9.55 Å². The molecular formula is C20H18ClN3O3. The van der Waals surface area contributed by atoms with Crippen LogP contribution in [0.5, 0.6) is 11.5 Å². The van der Waals surface area contributed by atoms with Gasteiger partial charge < -0.3 is 14.8 Å². The number of carbonyl (C=O) groups excluding carboxylic acids is 1. The first-order chi connectivity index (χ1) is 13.1. The Hall–Kier alpha value is -2.99. The van der Waals surface area contributed by atoms with Gasteiger partial charge >= 0.3 is 0 Å². The predicted molar refractivity (Wildman–Crippen MR) is 103 cm³/mol. The van der Waals surface area contributed by atoms with Gasteiger partial charge in [0.25, 0.3) is 0 Å². The first-order valence-corrected chi connectivity index (χ1v) is 8.84. The Morgan fingerprint density at radius 3 is 2.74 bits per heavy atom. The number of halogens is 1. The van der Waals surface area contributed by atoms with E-state index in [0.717, 1.165) is 16.9 Å². The predicted octanol–water partition coefficient (Wildman–Crippen LogP) is 4.02. The molecule has 1 N–H and O–H groups in total. The van der Waals surface area contributed by atoms with Crippen molar-refractivity contribution in [2.24, 2.45) is 0 Å². The van der Waals surface area contributed by atoms with Crippen LogP contribution >= 0.6 is 11.6 Å². The number of para-hydroxylation sites is 1. The van der Waals surface area contributed by atoms with E-state index in [1.54, 1.807) is 31.2 Å². The molecular weight excluding hydrogens is 366 g/mol. The van der Waals surface area contributed by atoms with Crippen molar-refractivity contribution in [3.8, 4) is 17.2 Å². The van der Waals surface area contributed by atoms with Crippen LogP contribution in [0.25, 0.3) is 5.69 Å². The Balaban J connectivity index is 1.86. The molecule has 1 amide bonds. The lowest BCUT2D eigenvalue weighted by molar-refractivity contribution is -0.116. The quantitative estimate of drug-likeness (QED) is 0.739. The van der Waals surface area contributed by atoms with Crippen LogP contribution < -0.4 is 14.8 Å². The van der Waals surface area contributed by atoms with E-state index in [-0.39, 0.29) is 18.2 Å². The van der Waals surface area contributed by atoms with Gasteiger partial charge in [0.1, 0.15) is 23.6 Å². The molecule has 0 fully saturated rings. The zero-order valence-corrected chi connectivity index (χ0v) is 15.7. The standard InChI is InChI=1S/C20H18ClN3O3/c1-26-12-7-8-17(27-2)13(9-12)14-10-18(25)23-20-19(14)22-11-24(20)16-6-4-3-5-15(16)21/h3-9,11,14H,10H2,1-2H3,(H,23,25)/t14-/m0/s1. The Morgan fingerprint density at radius 2 is 2.00 bits per heavy atom. The molecule has 2 aromatic carbocycles. The van der Waals surface area contributed by atoms with Crippen LogP contribution in [0.3, 0.4) is 0 Å². The van der Waals surface area contributed by atoms with E-state index < -0.39 is 0 Å². The van der Waals surface area contributed by atoms with Crippen molar-refractivity contribution in [2.45, 2.75) is 12.3 Å². The third-order valence-electron chi connectivity index (χ3n) is 4.70. The SMILES string of the molecule is COc1ccc(OC)c([C@@H]2CC(=O)Nc3c2ncn3-c2ccccc2Cl)c1. The number of amides is 1. The highest BCUT2D eigenvalue weighted by Gasteiger charge is 2.33. The maximum atomic E-state index is 12.5. The Kier molecular flexibility index (Phi) is 4.49. The average Bonchev–Trinajstić information content (AvgIpc) is 3.10. The molecule has 0 unspecified atom stereocenters. The number of imidazole rings is 1. The second kappa shape index (κ2) is 6.96. The zero-order valence-electron chi connectivity index (χ0n) is 14.9. The second-order valence-corrected chi connectivity index (χ2v) is 6.62. The fraction of sp³-hybridized carbons (Fsp3) is 0.200. The number of benzene rings is 2. The monoisotopic (exact) mass is 383 g/mol. The fourth-order valence-corrected chi connectivity index (χ4v) is 3.63.